The predicted octanol–water partition coefficient (Wildman–Crippen LogP) is 0.639. The summed E-state index contributed by atoms with van der Waals surface area (Å²) in [6, 6.07) is 8.05. The molecule has 1 aromatic heterocycles. The van der Waals surface area contributed by atoms with Crippen molar-refractivity contribution < 1.29 is 5.02 Å². The lowest BCUT2D eigenvalue weighted by Crippen LogP contribution is -2.12. The molecule has 0 aliphatic rings. The van der Waals surface area contributed by atoms with Crippen LogP contribution in [-0.2, 0) is 6.42 Å². The van der Waals surface area contributed by atoms with E-state index in [1.54, 1.807) is 11.3 Å². The highest BCUT2D eigenvalue weighted by Crippen LogP contribution is 2.23. The fourth-order valence-electron chi connectivity index (χ4n) is 1.51. The number of nitrogens with two attached hydrogens (primary N) is 1. The van der Waals surface area contributed by atoms with Gasteiger partial charge in [-0.05, 0) is 29.9 Å². The Morgan fingerprint density at radius 3 is 3.00 bits per heavy atom. The zero-order chi connectivity index (χ0) is 9.97. The lowest BCUT2D eigenvalue weighted by Gasteiger charge is -1.94. The van der Waals surface area contributed by atoms with Crippen LogP contribution in [0.1, 0.15) is 4.88 Å². The number of rotatable bonds is 3. The molecule has 0 unspecified atom stereocenters. The van der Waals surface area contributed by atoms with Crippen LogP contribution in [0.2, 0.25) is 0 Å². The van der Waals surface area contributed by atoms with Crippen molar-refractivity contribution in [3.63, 3.8) is 0 Å². The molecule has 0 atom stereocenters. The van der Waals surface area contributed by atoms with Gasteiger partial charge in [-0.2, -0.15) is 0 Å². The minimum atomic E-state index is 0.672. The molecule has 0 saturated carbocycles. The molecule has 1 aromatic carbocycles. The maximum atomic E-state index is 9.03. The quantitative estimate of drug-likeness (QED) is 0.720. The normalized spacial score (nSPS) is 10.7. The molecule has 2 nitrogen and oxygen atoms in total. The van der Waals surface area contributed by atoms with Gasteiger partial charge in [0.15, 0.2) is 0 Å². The summed E-state index contributed by atoms with van der Waals surface area (Å²) in [7, 11) is 1.16. The van der Waals surface area contributed by atoms with Gasteiger partial charge in [-0.1, -0.05) is 18.2 Å². The topological polar surface area (TPSA) is 46.2 Å². The average molecular weight is 204 g/mol. The van der Waals surface area contributed by atoms with Gasteiger partial charge in [0, 0.05) is 9.58 Å². The summed E-state index contributed by atoms with van der Waals surface area (Å²) in [6.07, 6.45) is 0.907. The second-order valence-corrected chi connectivity index (χ2v) is 4.28. The third-order valence-electron chi connectivity index (χ3n) is 2.16. The highest BCUT2D eigenvalue weighted by Gasteiger charge is 2.05. The Morgan fingerprint density at radius 2 is 2.29 bits per heavy atom. The van der Waals surface area contributed by atoms with Crippen LogP contribution in [0.5, 0.6) is 0 Å². The SMILES string of the molecule is NCCc1cc2cccc([B]O)c2s1. The molecule has 1 heterocycles. The molecule has 2 aromatic rings. The third kappa shape index (κ3) is 1.69. The van der Waals surface area contributed by atoms with Crippen LogP contribution < -0.4 is 11.2 Å². The van der Waals surface area contributed by atoms with E-state index >= 15 is 0 Å². The van der Waals surface area contributed by atoms with Crippen LogP contribution >= 0.6 is 11.3 Å². The molecule has 0 spiro atoms. The first kappa shape index (κ1) is 9.71. The summed E-state index contributed by atoms with van der Waals surface area (Å²) in [4.78, 5) is 1.27. The van der Waals surface area contributed by atoms with E-state index in [1.807, 2.05) is 12.1 Å². The highest BCUT2D eigenvalue weighted by atomic mass is 32.1. The van der Waals surface area contributed by atoms with Crippen molar-refractivity contribution in [2.24, 2.45) is 5.73 Å². The third-order valence-corrected chi connectivity index (χ3v) is 3.42. The van der Waals surface area contributed by atoms with Crippen LogP contribution in [0.3, 0.4) is 0 Å². The Bertz CT molecular complexity index is 441. The van der Waals surface area contributed by atoms with Gasteiger partial charge in [-0.15, -0.1) is 11.3 Å². The van der Waals surface area contributed by atoms with Gasteiger partial charge >= 0.3 is 7.48 Å². The molecule has 3 N–H and O–H groups in total. The number of hydrogen-bond donors (Lipinski definition) is 2. The van der Waals surface area contributed by atoms with Crippen LogP contribution in [0.15, 0.2) is 24.3 Å². The minimum Gasteiger partial charge on any atom is -0.450 e. The Balaban J connectivity index is 2.52. The largest absolute Gasteiger partial charge is 0.450 e. The lowest BCUT2D eigenvalue weighted by atomic mass is 9.88. The van der Waals surface area contributed by atoms with Gasteiger partial charge in [-0.25, -0.2) is 0 Å². The number of thiophene rings is 1. The van der Waals surface area contributed by atoms with Crippen LogP contribution in [0, 0.1) is 0 Å². The van der Waals surface area contributed by atoms with Crippen molar-refractivity contribution >= 4 is 34.4 Å². The van der Waals surface area contributed by atoms with Crippen molar-refractivity contribution in [1.82, 2.24) is 0 Å². The van der Waals surface area contributed by atoms with Crippen molar-refractivity contribution in [2.75, 3.05) is 6.54 Å². The molecule has 0 amide bonds. The molecule has 0 aliphatic heterocycles. The van der Waals surface area contributed by atoms with Crippen molar-refractivity contribution in [1.29, 1.82) is 0 Å². The van der Waals surface area contributed by atoms with Gasteiger partial charge in [0.2, 0.25) is 0 Å². The maximum Gasteiger partial charge on any atom is 0.328 e. The Labute approximate surface area is 87.6 Å². The van der Waals surface area contributed by atoms with Gasteiger partial charge < -0.3 is 10.8 Å². The lowest BCUT2D eigenvalue weighted by molar-refractivity contribution is 0.616. The van der Waals surface area contributed by atoms with Gasteiger partial charge in [0.1, 0.15) is 0 Å². The number of benzene rings is 1. The van der Waals surface area contributed by atoms with Crippen LogP contribution in [0.25, 0.3) is 10.1 Å². The van der Waals surface area contributed by atoms with E-state index in [0.29, 0.717) is 6.54 Å². The molecule has 0 saturated heterocycles. The maximum absolute atomic E-state index is 9.03. The fourth-order valence-corrected chi connectivity index (χ4v) is 2.66. The summed E-state index contributed by atoms with van der Waals surface area (Å²) < 4.78 is 1.14. The molecule has 14 heavy (non-hydrogen) atoms. The standard InChI is InChI=1S/C10H11BNOS/c12-5-4-8-6-7-2-1-3-9(11-13)10(7)14-8/h1-3,6,13H,4-5,12H2. The van der Waals surface area contributed by atoms with E-state index in [2.05, 4.69) is 12.1 Å². The summed E-state index contributed by atoms with van der Waals surface area (Å²) in [5.74, 6) is 0. The van der Waals surface area contributed by atoms with E-state index in [1.165, 1.54) is 10.3 Å². The van der Waals surface area contributed by atoms with Gasteiger partial charge in [-0.3, -0.25) is 0 Å². The Morgan fingerprint density at radius 1 is 1.43 bits per heavy atom. The molecular weight excluding hydrogens is 193 g/mol. The minimum absolute atomic E-state index is 0.672. The van der Waals surface area contributed by atoms with E-state index in [0.717, 1.165) is 24.1 Å². The first-order valence-corrected chi connectivity index (χ1v) is 5.35. The molecular formula is C10H11BNOS. The molecule has 0 bridgehead atoms. The molecule has 0 aliphatic carbocycles. The molecule has 1 radical (unpaired) electrons. The van der Waals surface area contributed by atoms with Crippen LogP contribution in [0.4, 0.5) is 0 Å². The monoisotopic (exact) mass is 204 g/mol. The second kappa shape index (κ2) is 4.13. The Kier molecular flexibility index (Phi) is 2.86. The van der Waals surface area contributed by atoms with Crippen LogP contribution in [-0.4, -0.2) is 19.1 Å². The predicted molar refractivity (Wildman–Crippen MR) is 62.2 cm³/mol. The van der Waals surface area contributed by atoms with E-state index in [-0.39, 0.29) is 0 Å². The van der Waals surface area contributed by atoms with Crippen molar-refractivity contribution in [3.8, 4) is 0 Å². The molecule has 0 fully saturated rings. The van der Waals surface area contributed by atoms with E-state index < -0.39 is 0 Å². The van der Waals surface area contributed by atoms with Crippen molar-refractivity contribution in [2.45, 2.75) is 6.42 Å². The summed E-state index contributed by atoms with van der Waals surface area (Å²) >= 11 is 1.70. The molecule has 2 rings (SSSR count). The first-order chi connectivity index (χ1) is 6.85. The molecule has 4 heteroatoms. The summed E-state index contributed by atoms with van der Waals surface area (Å²) in [6.45, 7) is 0.672. The molecule has 71 valence electrons. The zero-order valence-corrected chi connectivity index (χ0v) is 8.55. The number of fused-ring (bicyclic) bond motifs is 1. The van der Waals surface area contributed by atoms with Gasteiger partial charge in [0.05, 0.1) is 0 Å². The van der Waals surface area contributed by atoms with Gasteiger partial charge in [0.25, 0.3) is 0 Å². The zero-order valence-electron chi connectivity index (χ0n) is 7.73. The fraction of sp³-hybridized carbons (Fsp3) is 0.200. The summed E-state index contributed by atoms with van der Waals surface area (Å²) in [5, 5.41) is 10.2. The van der Waals surface area contributed by atoms with E-state index in [4.69, 9.17) is 10.8 Å². The highest BCUT2D eigenvalue weighted by molar-refractivity contribution is 7.20. The van der Waals surface area contributed by atoms with Crippen molar-refractivity contribution in [3.05, 3.63) is 29.1 Å². The average Bonchev–Trinajstić information content (AvgIpc) is 2.60. The first-order valence-electron chi connectivity index (χ1n) is 4.54. The second-order valence-electron chi connectivity index (χ2n) is 3.15. The Hall–Kier alpha value is -0.835. The number of hydrogen-bond acceptors (Lipinski definition) is 3. The van der Waals surface area contributed by atoms with E-state index in [9.17, 15) is 0 Å². The summed E-state index contributed by atoms with van der Waals surface area (Å²) in [5.41, 5.74) is 6.39. The smallest absolute Gasteiger partial charge is 0.328 e.